The van der Waals surface area contributed by atoms with Crippen molar-refractivity contribution in [3.05, 3.63) is 29.8 Å². The summed E-state index contributed by atoms with van der Waals surface area (Å²) in [5, 5.41) is 6.41. The van der Waals surface area contributed by atoms with Crippen molar-refractivity contribution in [2.24, 2.45) is 4.99 Å². The van der Waals surface area contributed by atoms with Crippen LogP contribution in [0.15, 0.2) is 29.3 Å². The number of halogens is 2. The van der Waals surface area contributed by atoms with Gasteiger partial charge in [-0.2, -0.15) is 8.78 Å². The lowest BCUT2D eigenvalue weighted by molar-refractivity contribution is -0.0504. The summed E-state index contributed by atoms with van der Waals surface area (Å²) >= 11 is 0. The smallest absolute Gasteiger partial charge is 0.387 e. The topological polar surface area (TPSA) is 52.1 Å². The molecule has 26 heavy (non-hydrogen) atoms. The van der Waals surface area contributed by atoms with Crippen LogP contribution in [0.3, 0.4) is 0 Å². The zero-order valence-corrected chi connectivity index (χ0v) is 15.5. The molecule has 2 N–H and O–H groups in total. The number of hydrogen-bond acceptors (Lipinski definition) is 4. The maximum absolute atomic E-state index is 12.5. The number of nitrogens with one attached hydrogen (secondary N) is 2. The molecule has 1 heterocycles. The van der Waals surface area contributed by atoms with Crippen molar-refractivity contribution in [2.45, 2.75) is 20.1 Å². The molecule has 1 aliphatic rings. The van der Waals surface area contributed by atoms with Crippen LogP contribution in [0.4, 0.5) is 8.78 Å². The van der Waals surface area contributed by atoms with E-state index >= 15 is 0 Å². The summed E-state index contributed by atoms with van der Waals surface area (Å²) in [5.41, 5.74) is 0.659. The van der Waals surface area contributed by atoms with Crippen LogP contribution in [0.1, 0.15) is 12.5 Å². The minimum atomic E-state index is -2.83. The van der Waals surface area contributed by atoms with Gasteiger partial charge in [-0.1, -0.05) is 25.1 Å². The molecule has 1 aromatic rings. The number of alkyl halides is 2. The van der Waals surface area contributed by atoms with Crippen LogP contribution in [0.2, 0.25) is 0 Å². The highest BCUT2D eigenvalue weighted by Gasteiger charge is 2.15. The first-order chi connectivity index (χ1) is 12.6. The van der Waals surface area contributed by atoms with E-state index in [9.17, 15) is 8.78 Å². The molecule has 1 aliphatic heterocycles. The van der Waals surface area contributed by atoms with E-state index in [0.717, 1.165) is 45.8 Å². The molecule has 6 nitrogen and oxygen atoms in total. The Bertz CT molecular complexity index is 562. The molecule has 0 spiro atoms. The van der Waals surface area contributed by atoms with Gasteiger partial charge in [-0.3, -0.25) is 9.89 Å². The largest absolute Gasteiger partial charge is 0.434 e. The molecular weight excluding hydrogens is 340 g/mol. The van der Waals surface area contributed by atoms with E-state index in [1.807, 2.05) is 0 Å². The van der Waals surface area contributed by atoms with Crippen molar-refractivity contribution in [3.63, 3.8) is 0 Å². The average Bonchev–Trinajstić information content (AvgIpc) is 2.65. The Morgan fingerprint density at radius 1 is 1.15 bits per heavy atom. The minimum absolute atomic E-state index is 0.180. The van der Waals surface area contributed by atoms with Crippen molar-refractivity contribution >= 4 is 5.96 Å². The SMILES string of the molecule is CCN1CCN(CCNC(=NC)NCc2ccccc2OC(F)F)CC1. The number of para-hydroxylation sites is 1. The second-order valence-electron chi connectivity index (χ2n) is 6.11. The number of benzene rings is 1. The molecule has 0 saturated carbocycles. The van der Waals surface area contributed by atoms with E-state index in [2.05, 4.69) is 37.1 Å². The van der Waals surface area contributed by atoms with Crippen LogP contribution in [0.25, 0.3) is 0 Å². The van der Waals surface area contributed by atoms with Crippen LogP contribution >= 0.6 is 0 Å². The van der Waals surface area contributed by atoms with Crippen LogP contribution in [0.5, 0.6) is 5.75 Å². The number of rotatable bonds is 8. The quantitative estimate of drug-likeness (QED) is 0.538. The minimum Gasteiger partial charge on any atom is -0.434 e. The van der Waals surface area contributed by atoms with Gasteiger partial charge in [0.2, 0.25) is 0 Å². The standard InChI is InChI=1S/C18H29F2N5O/c1-3-24-10-12-25(13-11-24)9-8-22-18(21-2)23-14-15-6-4-5-7-16(15)26-17(19)20/h4-7,17H,3,8-14H2,1-2H3,(H2,21,22,23). The molecule has 0 radical (unpaired) electrons. The Balaban J connectivity index is 1.73. The van der Waals surface area contributed by atoms with E-state index in [-0.39, 0.29) is 5.75 Å². The predicted molar refractivity (Wildman–Crippen MR) is 99.8 cm³/mol. The number of guanidine groups is 1. The second-order valence-corrected chi connectivity index (χ2v) is 6.11. The Morgan fingerprint density at radius 2 is 1.85 bits per heavy atom. The van der Waals surface area contributed by atoms with E-state index in [4.69, 9.17) is 0 Å². The summed E-state index contributed by atoms with van der Waals surface area (Å²) in [5.74, 6) is 0.822. The first kappa shape index (κ1) is 20.4. The van der Waals surface area contributed by atoms with Crippen molar-refractivity contribution in [2.75, 3.05) is 52.9 Å². The van der Waals surface area contributed by atoms with E-state index in [1.165, 1.54) is 6.07 Å². The molecular formula is C18H29F2N5O. The third kappa shape index (κ3) is 6.76. The normalized spacial score (nSPS) is 16.7. The van der Waals surface area contributed by atoms with Crippen molar-refractivity contribution < 1.29 is 13.5 Å². The highest BCUT2D eigenvalue weighted by molar-refractivity contribution is 5.79. The van der Waals surface area contributed by atoms with E-state index in [1.54, 1.807) is 25.2 Å². The Hall–Kier alpha value is -1.93. The Morgan fingerprint density at radius 3 is 2.50 bits per heavy atom. The van der Waals surface area contributed by atoms with Crippen molar-refractivity contribution in [1.82, 2.24) is 20.4 Å². The average molecular weight is 369 g/mol. The van der Waals surface area contributed by atoms with Gasteiger partial charge < -0.3 is 20.3 Å². The molecule has 1 saturated heterocycles. The van der Waals surface area contributed by atoms with Gasteiger partial charge in [0.25, 0.3) is 0 Å². The van der Waals surface area contributed by atoms with Crippen LogP contribution in [0, 0.1) is 0 Å². The molecule has 1 aromatic carbocycles. The maximum Gasteiger partial charge on any atom is 0.387 e. The summed E-state index contributed by atoms with van der Waals surface area (Å²) in [6, 6.07) is 6.76. The zero-order chi connectivity index (χ0) is 18.8. The molecule has 0 unspecified atom stereocenters. The zero-order valence-electron chi connectivity index (χ0n) is 15.5. The summed E-state index contributed by atoms with van der Waals surface area (Å²) in [6.07, 6.45) is 0. The summed E-state index contributed by atoms with van der Waals surface area (Å²) in [7, 11) is 1.69. The summed E-state index contributed by atoms with van der Waals surface area (Å²) < 4.78 is 29.5. The van der Waals surface area contributed by atoms with E-state index < -0.39 is 6.61 Å². The fraction of sp³-hybridized carbons (Fsp3) is 0.611. The fourth-order valence-electron chi connectivity index (χ4n) is 2.92. The molecule has 0 amide bonds. The van der Waals surface area contributed by atoms with Gasteiger partial charge in [0, 0.05) is 58.4 Å². The first-order valence-corrected chi connectivity index (χ1v) is 9.04. The fourth-order valence-corrected chi connectivity index (χ4v) is 2.92. The number of ether oxygens (including phenoxy) is 1. The third-order valence-electron chi connectivity index (χ3n) is 4.49. The molecule has 0 aliphatic carbocycles. The molecule has 0 atom stereocenters. The predicted octanol–water partition coefficient (Wildman–Crippen LogP) is 1.59. The van der Waals surface area contributed by atoms with Crippen LogP contribution < -0.4 is 15.4 Å². The molecule has 1 fully saturated rings. The molecule has 0 aromatic heterocycles. The number of nitrogens with zero attached hydrogens (tertiary/aromatic N) is 3. The monoisotopic (exact) mass is 369 g/mol. The Labute approximate surface area is 154 Å². The third-order valence-corrected chi connectivity index (χ3v) is 4.49. The van der Waals surface area contributed by atoms with Crippen LogP contribution in [-0.4, -0.2) is 75.2 Å². The Kier molecular flexibility index (Phi) is 8.57. The lowest BCUT2D eigenvalue weighted by Gasteiger charge is -2.34. The van der Waals surface area contributed by atoms with Crippen molar-refractivity contribution in [1.29, 1.82) is 0 Å². The van der Waals surface area contributed by atoms with Gasteiger partial charge in [0.05, 0.1) is 0 Å². The highest BCUT2D eigenvalue weighted by atomic mass is 19.3. The molecule has 0 bridgehead atoms. The highest BCUT2D eigenvalue weighted by Crippen LogP contribution is 2.19. The van der Waals surface area contributed by atoms with Gasteiger partial charge in [-0.15, -0.1) is 0 Å². The van der Waals surface area contributed by atoms with Gasteiger partial charge in [0.15, 0.2) is 5.96 Å². The lowest BCUT2D eigenvalue weighted by Crippen LogP contribution is -2.49. The number of likely N-dealkylation sites (N-methyl/N-ethyl adjacent to an activating group) is 1. The summed E-state index contributed by atoms with van der Waals surface area (Å²) in [6.45, 7) is 6.95. The van der Waals surface area contributed by atoms with E-state index in [0.29, 0.717) is 18.1 Å². The van der Waals surface area contributed by atoms with Crippen molar-refractivity contribution in [3.8, 4) is 5.75 Å². The summed E-state index contributed by atoms with van der Waals surface area (Å²) in [4.78, 5) is 9.06. The molecule has 8 heteroatoms. The van der Waals surface area contributed by atoms with Crippen LogP contribution in [-0.2, 0) is 6.54 Å². The van der Waals surface area contributed by atoms with Gasteiger partial charge in [-0.05, 0) is 12.6 Å². The second kappa shape index (κ2) is 10.9. The van der Waals surface area contributed by atoms with Gasteiger partial charge in [0.1, 0.15) is 5.75 Å². The lowest BCUT2D eigenvalue weighted by atomic mass is 10.2. The number of aliphatic imine (C=N–C) groups is 1. The number of hydrogen-bond donors (Lipinski definition) is 2. The first-order valence-electron chi connectivity index (χ1n) is 9.04. The molecule has 2 rings (SSSR count). The molecule has 146 valence electrons. The maximum atomic E-state index is 12.5. The van der Waals surface area contributed by atoms with Gasteiger partial charge >= 0.3 is 6.61 Å². The number of piperazine rings is 1. The van der Waals surface area contributed by atoms with Gasteiger partial charge in [-0.25, -0.2) is 0 Å².